The molecular formula is C10H12BrClN2O2. The average molecular weight is 308 g/mol. The number of anilines is 1. The summed E-state index contributed by atoms with van der Waals surface area (Å²) in [5, 5.41) is 13.7. The number of nitro groups is 1. The topological polar surface area (TPSA) is 55.2 Å². The van der Waals surface area contributed by atoms with Gasteiger partial charge in [0.05, 0.1) is 9.87 Å². The van der Waals surface area contributed by atoms with Gasteiger partial charge >= 0.3 is 0 Å². The van der Waals surface area contributed by atoms with Gasteiger partial charge in [0, 0.05) is 23.7 Å². The maximum atomic E-state index is 10.6. The second-order valence-electron chi connectivity index (χ2n) is 3.49. The minimum atomic E-state index is -0.417. The number of nitrogens with zero attached hydrogens (tertiary/aromatic N) is 1. The normalized spacial score (nSPS) is 14.2. The Kier molecular flexibility index (Phi) is 5.02. The maximum absolute atomic E-state index is 10.6. The van der Waals surface area contributed by atoms with Crippen LogP contribution in [-0.4, -0.2) is 15.8 Å². The first-order chi connectivity index (χ1) is 7.54. The van der Waals surface area contributed by atoms with E-state index in [1.807, 2.05) is 6.92 Å². The molecule has 2 unspecified atom stereocenters. The average Bonchev–Trinajstić information content (AvgIpc) is 2.28. The van der Waals surface area contributed by atoms with Gasteiger partial charge < -0.3 is 5.32 Å². The smallest absolute Gasteiger partial charge is 0.271 e. The molecule has 0 aromatic heterocycles. The third-order valence-electron chi connectivity index (χ3n) is 2.10. The zero-order chi connectivity index (χ0) is 12.1. The van der Waals surface area contributed by atoms with Crippen molar-refractivity contribution in [1.29, 1.82) is 0 Å². The molecule has 4 nitrogen and oxygen atoms in total. The van der Waals surface area contributed by atoms with E-state index in [2.05, 4.69) is 21.2 Å². The largest absolute Gasteiger partial charge is 0.372 e. The quantitative estimate of drug-likeness (QED) is 0.391. The summed E-state index contributed by atoms with van der Waals surface area (Å²) >= 11 is 9.15. The minimum absolute atomic E-state index is 0.00740. The van der Waals surface area contributed by atoms with Crippen molar-refractivity contribution >= 4 is 38.9 Å². The summed E-state index contributed by atoms with van der Waals surface area (Å²) in [6, 6.07) is 6.38. The van der Waals surface area contributed by atoms with Crippen LogP contribution in [0, 0.1) is 16.0 Å². The third kappa shape index (κ3) is 3.64. The molecule has 1 rings (SSSR count). The third-order valence-corrected chi connectivity index (χ3v) is 3.72. The number of nitrogens with one attached hydrogen (secondary N) is 1. The van der Waals surface area contributed by atoms with Crippen molar-refractivity contribution in [3.05, 3.63) is 34.4 Å². The predicted molar refractivity (Wildman–Crippen MR) is 69.3 cm³/mol. The van der Waals surface area contributed by atoms with Gasteiger partial charge in [0.15, 0.2) is 0 Å². The molecule has 16 heavy (non-hydrogen) atoms. The summed E-state index contributed by atoms with van der Waals surface area (Å²) < 4.78 is 0. The number of nitro benzene ring substituents is 1. The van der Waals surface area contributed by atoms with Gasteiger partial charge in [-0.05, 0) is 12.0 Å². The Morgan fingerprint density at radius 2 is 2.31 bits per heavy atom. The van der Waals surface area contributed by atoms with Crippen molar-refractivity contribution in [2.75, 3.05) is 11.2 Å². The molecule has 1 aromatic carbocycles. The van der Waals surface area contributed by atoms with E-state index < -0.39 is 4.92 Å². The van der Waals surface area contributed by atoms with Crippen molar-refractivity contribution in [3.8, 4) is 0 Å². The van der Waals surface area contributed by atoms with Crippen molar-refractivity contribution in [3.63, 3.8) is 0 Å². The van der Waals surface area contributed by atoms with Crippen molar-refractivity contribution in [2.45, 2.75) is 11.9 Å². The first kappa shape index (κ1) is 13.3. The Bertz CT molecular complexity index is 376. The monoisotopic (exact) mass is 306 g/mol. The van der Waals surface area contributed by atoms with Crippen LogP contribution in [0.2, 0.25) is 0 Å². The van der Waals surface area contributed by atoms with Crippen LogP contribution in [0.25, 0.3) is 0 Å². The Hall–Kier alpha value is -0.810. The van der Waals surface area contributed by atoms with Gasteiger partial charge in [-0.3, -0.25) is 10.1 Å². The number of benzene rings is 1. The fraction of sp³-hybridized carbons (Fsp3) is 0.400. The van der Waals surface area contributed by atoms with E-state index in [0.717, 1.165) is 0 Å². The van der Waals surface area contributed by atoms with Crippen LogP contribution in [-0.2, 0) is 0 Å². The molecule has 0 aliphatic heterocycles. The van der Waals surface area contributed by atoms with Gasteiger partial charge in [0.1, 0.15) is 0 Å². The van der Waals surface area contributed by atoms with Gasteiger partial charge in [-0.25, -0.2) is 0 Å². The van der Waals surface area contributed by atoms with Gasteiger partial charge in [0.25, 0.3) is 5.69 Å². The fourth-order valence-corrected chi connectivity index (χ4v) is 1.93. The van der Waals surface area contributed by atoms with Crippen LogP contribution in [0.3, 0.4) is 0 Å². The van der Waals surface area contributed by atoms with E-state index in [-0.39, 0.29) is 16.6 Å². The summed E-state index contributed by atoms with van der Waals surface area (Å²) in [5.74, 6) is 0.735. The van der Waals surface area contributed by atoms with Gasteiger partial charge in [-0.15, -0.1) is 11.6 Å². The van der Waals surface area contributed by atoms with E-state index in [9.17, 15) is 10.1 Å². The maximum Gasteiger partial charge on any atom is 0.271 e. The molecule has 88 valence electrons. The van der Waals surface area contributed by atoms with E-state index >= 15 is 0 Å². The highest BCUT2D eigenvalue weighted by atomic mass is 79.9. The standard InChI is InChI=1S/C10H12BrClN2O2/c1-7(6-12)10(11)13-8-3-2-4-9(5-8)14(15)16/h2-5,7,10,13H,6H2,1H3. The second kappa shape index (κ2) is 6.06. The van der Waals surface area contributed by atoms with Crippen LogP contribution in [0.4, 0.5) is 11.4 Å². The van der Waals surface area contributed by atoms with Crippen LogP contribution >= 0.6 is 27.5 Å². The zero-order valence-electron chi connectivity index (χ0n) is 8.69. The second-order valence-corrected chi connectivity index (χ2v) is 4.78. The van der Waals surface area contributed by atoms with E-state index in [1.165, 1.54) is 12.1 Å². The number of hydrogen-bond donors (Lipinski definition) is 1. The molecule has 6 heteroatoms. The highest BCUT2D eigenvalue weighted by Gasteiger charge is 2.13. The molecule has 0 spiro atoms. The SMILES string of the molecule is CC(CCl)C(Br)Nc1cccc([N+](=O)[O-])c1. The van der Waals surface area contributed by atoms with Crippen LogP contribution in [0.15, 0.2) is 24.3 Å². The minimum Gasteiger partial charge on any atom is -0.372 e. The first-order valence-corrected chi connectivity index (χ1v) is 6.20. The number of non-ortho nitro benzene ring substituents is 1. The lowest BCUT2D eigenvalue weighted by Gasteiger charge is -2.18. The van der Waals surface area contributed by atoms with E-state index in [0.29, 0.717) is 11.6 Å². The Morgan fingerprint density at radius 3 is 2.88 bits per heavy atom. The van der Waals surface area contributed by atoms with Gasteiger partial charge in [0.2, 0.25) is 0 Å². The van der Waals surface area contributed by atoms with E-state index in [1.54, 1.807) is 12.1 Å². The molecule has 1 aromatic rings. The lowest BCUT2D eigenvalue weighted by atomic mass is 10.2. The summed E-state index contributed by atoms with van der Waals surface area (Å²) in [4.78, 5) is 10.1. The Labute approximate surface area is 107 Å². The van der Waals surface area contributed by atoms with E-state index in [4.69, 9.17) is 11.6 Å². The number of alkyl halides is 2. The highest BCUT2D eigenvalue weighted by molar-refractivity contribution is 9.09. The van der Waals surface area contributed by atoms with Crippen molar-refractivity contribution in [2.24, 2.45) is 5.92 Å². The molecule has 2 atom stereocenters. The summed E-state index contributed by atoms with van der Waals surface area (Å²) in [7, 11) is 0. The molecule has 0 amide bonds. The molecular weight excluding hydrogens is 295 g/mol. The molecule has 0 radical (unpaired) electrons. The molecule has 0 aliphatic carbocycles. The molecule has 0 heterocycles. The fourth-order valence-electron chi connectivity index (χ4n) is 1.09. The van der Waals surface area contributed by atoms with Crippen molar-refractivity contribution < 1.29 is 4.92 Å². The Balaban J connectivity index is 2.74. The van der Waals surface area contributed by atoms with Crippen LogP contribution in [0.1, 0.15) is 6.92 Å². The predicted octanol–water partition coefficient (Wildman–Crippen LogP) is 3.60. The zero-order valence-corrected chi connectivity index (χ0v) is 11.0. The number of halogens is 2. The van der Waals surface area contributed by atoms with Crippen LogP contribution < -0.4 is 5.32 Å². The molecule has 1 N–H and O–H groups in total. The molecule has 0 aliphatic rings. The lowest BCUT2D eigenvalue weighted by Crippen LogP contribution is -2.21. The summed E-state index contributed by atoms with van der Waals surface area (Å²) in [6.45, 7) is 1.98. The Morgan fingerprint density at radius 1 is 1.62 bits per heavy atom. The number of hydrogen-bond acceptors (Lipinski definition) is 3. The molecule has 0 saturated carbocycles. The number of rotatable bonds is 5. The van der Waals surface area contributed by atoms with Gasteiger partial charge in [-0.2, -0.15) is 0 Å². The van der Waals surface area contributed by atoms with Gasteiger partial charge in [-0.1, -0.05) is 28.9 Å². The first-order valence-electron chi connectivity index (χ1n) is 4.75. The summed E-state index contributed by atoms with van der Waals surface area (Å²) in [5.41, 5.74) is 0.774. The molecule has 0 saturated heterocycles. The molecule has 0 fully saturated rings. The van der Waals surface area contributed by atoms with Crippen LogP contribution in [0.5, 0.6) is 0 Å². The van der Waals surface area contributed by atoms with Crippen molar-refractivity contribution in [1.82, 2.24) is 0 Å². The molecule has 0 bridgehead atoms. The lowest BCUT2D eigenvalue weighted by molar-refractivity contribution is -0.384. The summed E-state index contributed by atoms with van der Waals surface area (Å²) in [6.07, 6.45) is 0. The highest BCUT2D eigenvalue weighted by Crippen LogP contribution is 2.22.